The van der Waals surface area contributed by atoms with E-state index in [2.05, 4.69) is 52.1 Å². The summed E-state index contributed by atoms with van der Waals surface area (Å²) in [5, 5.41) is 0. The Bertz CT molecular complexity index is 587. The van der Waals surface area contributed by atoms with Crippen molar-refractivity contribution in [3.63, 3.8) is 0 Å². The van der Waals surface area contributed by atoms with E-state index in [1.54, 1.807) is 0 Å². The van der Waals surface area contributed by atoms with Crippen LogP contribution < -0.4 is 0 Å². The molecule has 1 aromatic carbocycles. The Morgan fingerprint density at radius 2 is 1.81 bits per heavy atom. The number of fused-ring (bicyclic) bond motifs is 1. The second-order valence-corrected chi connectivity index (χ2v) is 6.96. The SMILES string of the molecule is CC[N+](C)(CC)[C@]12CC=C[C@H]1[C@@](C)(c1ccccc1)C2=O. The number of carbonyl (C=O) groups excluding carboxylic acids is 1. The number of ketones is 1. The van der Waals surface area contributed by atoms with Crippen LogP contribution in [0.1, 0.15) is 32.8 Å². The largest absolute Gasteiger partial charge is 0.315 e. The Hall–Kier alpha value is -1.41. The minimum Gasteiger partial charge on any atom is -0.315 e. The van der Waals surface area contributed by atoms with E-state index in [1.807, 2.05) is 18.2 Å². The summed E-state index contributed by atoms with van der Waals surface area (Å²) in [6.07, 6.45) is 5.44. The smallest absolute Gasteiger partial charge is 0.205 e. The lowest BCUT2D eigenvalue weighted by Crippen LogP contribution is -2.81. The van der Waals surface area contributed by atoms with Gasteiger partial charge in [0.15, 0.2) is 5.54 Å². The Kier molecular flexibility index (Phi) is 3.14. The van der Waals surface area contributed by atoms with Crippen LogP contribution in [-0.4, -0.2) is 35.9 Å². The van der Waals surface area contributed by atoms with Gasteiger partial charge in [0, 0.05) is 6.42 Å². The minimum atomic E-state index is -0.349. The van der Waals surface area contributed by atoms with E-state index in [-0.39, 0.29) is 11.0 Å². The van der Waals surface area contributed by atoms with Crippen LogP contribution in [0.3, 0.4) is 0 Å². The van der Waals surface area contributed by atoms with Crippen molar-refractivity contribution in [2.24, 2.45) is 5.92 Å². The molecule has 2 aliphatic carbocycles. The molecule has 0 aliphatic heterocycles. The van der Waals surface area contributed by atoms with Crippen LogP contribution in [0, 0.1) is 5.92 Å². The quantitative estimate of drug-likeness (QED) is 0.612. The van der Waals surface area contributed by atoms with Gasteiger partial charge in [-0.1, -0.05) is 42.5 Å². The fraction of sp³-hybridized carbons (Fsp3) is 0.526. The molecule has 112 valence electrons. The summed E-state index contributed by atoms with van der Waals surface area (Å²) < 4.78 is 0.853. The molecular formula is C19H26NO+. The molecule has 0 aromatic heterocycles. The van der Waals surface area contributed by atoms with Gasteiger partial charge in [-0.2, -0.15) is 0 Å². The van der Waals surface area contributed by atoms with Crippen LogP contribution in [-0.2, 0) is 10.2 Å². The van der Waals surface area contributed by atoms with Crippen LogP contribution in [0.4, 0.5) is 0 Å². The monoisotopic (exact) mass is 284 g/mol. The van der Waals surface area contributed by atoms with Crippen molar-refractivity contribution in [1.82, 2.24) is 0 Å². The highest BCUT2D eigenvalue weighted by Crippen LogP contribution is 2.61. The number of carbonyl (C=O) groups is 1. The predicted molar refractivity (Wildman–Crippen MR) is 86.0 cm³/mol. The molecule has 2 aliphatic rings. The first-order valence-electron chi connectivity index (χ1n) is 8.09. The number of nitrogens with zero attached hydrogens (tertiary/aromatic N) is 1. The fourth-order valence-corrected chi connectivity index (χ4v) is 4.77. The van der Waals surface area contributed by atoms with Gasteiger partial charge in [-0.3, -0.25) is 4.79 Å². The number of benzene rings is 1. The summed E-state index contributed by atoms with van der Waals surface area (Å²) in [6, 6.07) is 10.3. The third kappa shape index (κ3) is 1.49. The molecule has 2 nitrogen and oxygen atoms in total. The zero-order valence-electron chi connectivity index (χ0n) is 13.6. The lowest BCUT2D eigenvalue weighted by Gasteiger charge is -2.63. The molecule has 0 N–H and O–H groups in total. The van der Waals surface area contributed by atoms with Crippen molar-refractivity contribution >= 4 is 5.78 Å². The standard InChI is InChI=1S/C19H26NO/c1-5-20(4,6-2)19-14-10-13-16(19)18(3,17(19)21)15-11-8-7-9-12-15/h7-13,16H,5-6,14H2,1-4H3/q+1/t16-,18+,19+/m0/s1. The third-order valence-electron chi connectivity index (χ3n) is 6.49. The molecule has 0 radical (unpaired) electrons. The van der Waals surface area contributed by atoms with Crippen molar-refractivity contribution in [3.8, 4) is 0 Å². The molecule has 0 saturated heterocycles. The first kappa shape index (κ1) is 14.5. The third-order valence-corrected chi connectivity index (χ3v) is 6.49. The topological polar surface area (TPSA) is 17.1 Å². The van der Waals surface area contributed by atoms with Gasteiger partial charge in [0.1, 0.15) is 0 Å². The number of hydrogen-bond acceptors (Lipinski definition) is 1. The van der Waals surface area contributed by atoms with Gasteiger partial charge in [-0.25, -0.2) is 0 Å². The number of likely N-dealkylation sites (N-methyl/N-ethyl adjacent to an activating group) is 1. The van der Waals surface area contributed by atoms with E-state index in [9.17, 15) is 4.79 Å². The maximum atomic E-state index is 13.4. The van der Waals surface area contributed by atoms with Gasteiger partial charge in [-0.05, 0) is 26.3 Å². The number of rotatable bonds is 4. The molecule has 3 rings (SSSR count). The number of quaternary nitrogens is 1. The van der Waals surface area contributed by atoms with Crippen molar-refractivity contribution < 1.29 is 9.28 Å². The van der Waals surface area contributed by atoms with E-state index in [0.717, 1.165) is 24.0 Å². The minimum absolute atomic E-state index is 0.228. The predicted octanol–water partition coefficient (Wildman–Crippen LogP) is 3.33. The van der Waals surface area contributed by atoms with E-state index < -0.39 is 0 Å². The van der Waals surface area contributed by atoms with Crippen LogP contribution >= 0.6 is 0 Å². The van der Waals surface area contributed by atoms with Gasteiger partial charge < -0.3 is 4.48 Å². The Balaban J connectivity index is 2.09. The summed E-state index contributed by atoms with van der Waals surface area (Å²) in [6.45, 7) is 8.56. The summed E-state index contributed by atoms with van der Waals surface area (Å²) in [5.74, 6) is 0.757. The molecule has 1 saturated carbocycles. The normalized spacial score (nSPS) is 34.7. The summed E-state index contributed by atoms with van der Waals surface area (Å²) in [7, 11) is 2.25. The Morgan fingerprint density at radius 1 is 1.19 bits per heavy atom. The van der Waals surface area contributed by atoms with E-state index >= 15 is 0 Å². The maximum absolute atomic E-state index is 13.4. The molecule has 1 aromatic rings. The second-order valence-electron chi connectivity index (χ2n) is 6.96. The molecular weight excluding hydrogens is 258 g/mol. The molecule has 1 fully saturated rings. The van der Waals surface area contributed by atoms with Crippen molar-refractivity contribution in [2.45, 2.75) is 38.1 Å². The second kappa shape index (κ2) is 4.54. The van der Waals surface area contributed by atoms with Crippen molar-refractivity contribution in [3.05, 3.63) is 48.0 Å². The highest BCUT2D eigenvalue weighted by Gasteiger charge is 2.76. The molecule has 0 spiro atoms. The van der Waals surface area contributed by atoms with Crippen LogP contribution in [0.2, 0.25) is 0 Å². The Labute approximate surface area is 128 Å². The molecule has 0 bridgehead atoms. The highest BCUT2D eigenvalue weighted by atomic mass is 16.1. The number of Topliss-reactive ketones (excluding diaryl/α,β-unsaturated/α-hetero) is 1. The summed E-state index contributed by atoms with van der Waals surface area (Å²) >= 11 is 0. The van der Waals surface area contributed by atoms with E-state index in [4.69, 9.17) is 0 Å². The van der Waals surface area contributed by atoms with E-state index in [0.29, 0.717) is 11.7 Å². The lowest BCUT2D eigenvalue weighted by atomic mass is 9.46. The molecule has 21 heavy (non-hydrogen) atoms. The molecule has 0 heterocycles. The highest BCUT2D eigenvalue weighted by molar-refractivity contribution is 6.05. The lowest BCUT2D eigenvalue weighted by molar-refractivity contribution is -0.953. The van der Waals surface area contributed by atoms with Gasteiger partial charge in [-0.15, -0.1) is 0 Å². The fourth-order valence-electron chi connectivity index (χ4n) is 4.77. The number of hydrogen-bond donors (Lipinski definition) is 0. The van der Waals surface area contributed by atoms with Gasteiger partial charge >= 0.3 is 0 Å². The average Bonchev–Trinajstić information content (AvgIpc) is 2.97. The zero-order valence-corrected chi connectivity index (χ0v) is 13.6. The summed E-state index contributed by atoms with van der Waals surface area (Å²) in [5.41, 5.74) is 0.590. The van der Waals surface area contributed by atoms with E-state index in [1.165, 1.54) is 5.56 Å². The molecule has 0 unspecified atom stereocenters. The van der Waals surface area contributed by atoms with Crippen LogP contribution in [0.5, 0.6) is 0 Å². The van der Waals surface area contributed by atoms with Crippen LogP contribution in [0.15, 0.2) is 42.5 Å². The zero-order chi connectivity index (χ0) is 15.3. The van der Waals surface area contributed by atoms with Gasteiger partial charge in [0.2, 0.25) is 5.78 Å². The molecule has 0 amide bonds. The Morgan fingerprint density at radius 3 is 2.38 bits per heavy atom. The maximum Gasteiger partial charge on any atom is 0.205 e. The molecule has 3 atom stereocenters. The first-order valence-corrected chi connectivity index (χ1v) is 8.09. The van der Waals surface area contributed by atoms with Crippen LogP contribution in [0.25, 0.3) is 0 Å². The van der Waals surface area contributed by atoms with Gasteiger partial charge in [0.05, 0.1) is 31.5 Å². The summed E-state index contributed by atoms with van der Waals surface area (Å²) in [4.78, 5) is 13.4. The first-order chi connectivity index (χ1) is 9.97. The van der Waals surface area contributed by atoms with Crippen molar-refractivity contribution in [2.75, 3.05) is 20.1 Å². The molecule has 2 heteroatoms. The average molecular weight is 284 g/mol. The van der Waals surface area contributed by atoms with Crippen molar-refractivity contribution in [1.29, 1.82) is 0 Å². The van der Waals surface area contributed by atoms with Gasteiger partial charge in [0.25, 0.3) is 0 Å².